The molecule has 0 saturated heterocycles. The van der Waals surface area contributed by atoms with E-state index in [1.807, 2.05) is 24.3 Å². The van der Waals surface area contributed by atoms with E-state index in [9.17, 15) is 4.79 Å². The van der Waals surface area contributed by atoms with Crippen molar-refractivity contribution in [3.05, 3.63) is 48.7 Å². The van der Waals surface area contributed by atoms with Gasteiger partial charge in [0.15, 0.2) is 0 Å². The summed E-state index contributed by atoms with van der Waals surface area (Å²) in [6.45, 7) is 0. The summed E-state index contributed by atoms with van der Waals surface area (Å²) in [5.74, 6) is 0.311. The Bertz CT molecular complexity index is 752. The van der Waals surface area contributed by atoms with Crippen molar-refractivity contribution in [2.75, 3.05) is 0 Å². The highest BCUT2D eigenvalue weighted by Crippen LogP contribution is 2.27. The molecule has 18 heavy (non-hydrogen) atoms. The van der Waals surface area contributed by atoms with E-state index in [2.05, 4.69) is 9.72 Å². The summed E-state index contributed by atoms with van der Waals surface area (Å²) in [5, 5.41) is 11.5. The van der Waals surface area contributed by atoms with Crippen molar-refractivity contribution < 1.29 is 14.6 Å². The molecule has 0 amide bonds. The molecule has 1 aromatic heterocycles. The second-order valence-electron chi connectivity index (χ2n) is 3.89. The Morgan fingerprint density at radius 2 is 1.94 bits per heavy atom. The van der Waals surface area contributed by atoms with E-state index in [1.54, 1.807) is 24.4 Å². The van der Waals surface area contributed by atoms with E-state index < -0.39 is 6.16 Å². The molecule has 4 nitrogen and oxygen atoms in total. The third-order valence-corrected chi connectivity index (χ3v) is 2.77. The van der Waals surface area contributed by atoms with Crippen LogP contribution in [0.2, 0.25) is 0 Å². The Morgan fingerprint density at radius 1 is 1.11 bits per heavy atom. The lowest BCUT2D eigenvalue weighted by atomic mass is 10.1. The van der Waals surface area contributed by atoms with Crippen molar-refractivity contribution in [1.29, 1.82) is 0 Å². The van der Waals surface area contributed by atoms with Crippen LogP contribution in [-0.4, -0.2) is 16.2 Å². The molecule has 0 bridgehead atoms. The Labute approximate surface area is 102 Å². The molecule has 4 heteroatoms. The quantitative estimate of drug-likeness (QED) is 0.401. The van der Waals surface area contributed by atoms with E-state index in [1.165, 1.54) is 0 Å². The van der Waals surface area contributed by atoms with Crippen LogP contribution in [0.5, 0.6) is 5.75 Å². The van der Waals surface area contributed by atoms with Gasteiger partial charge in [-0.2, -0.15) is 0 Å². The van der Waals surface area contributed by atoms with Crippen molar-refractivity contribution in [3.8, 4) is 5.75 Å². The summed E-state index contributed by atoms with van der Waals surface area (Å²) in [6.07, 6.45) is 0.454. The van der Waals surface area contributed by atoms with Gasteiger partial charge in [-0.1, -0.05) is 18.2 Å². The first-order chi connectivity index (χ1) is 8.74. The van der Waals surface area contributed by atoms with E-state index in [0.29, 0.717) is 5.75 Å². The van der Waals surface area contributed by atoms with Crippen molar-refractivity contribution >= 4 is 27.8 Å². The van der Waals surface area contributed by atoms with Crippen molar-refractivity contribution in [2.24, 2.45) is 0 Å². The van der Waals surface area contributed by atoms with Gasteiger partial charge in [0.1, 0.15) is 5.75 Å². The number of aromatic nitrogens is 1. The number of pyridine rings is 1. The van der Waals surface area contributed by atoms with Gasteiger partial charge in [0.2, 0.25) is 0 Å². The van der Waals surface area contributed by atoms with Crippen molar-refractivity contribution in [3.63, 3.8) is 0 Å². The summed E-state index contributed by atoms with van der Waals surface area (Å²) in [5.41, 5.74) is 0.873. The molecule has 0 atom stereocenters. The summed E-state index contributed by atoms with van der Waals surface area (Å²) in [6, 6.07) is 12.8. The summed E-state index contributed by atoms with van der Waals surface area (Å²) >= 11 is 0. The number of hydrogen-bond acceptors (Lipinski definition) is 3. The highest BCUT2D eigenvalue weighted by Gasteiger charge is 2.05. The SMILES string of the molecule is O=C(O)Oc1ccc2cnc3ccccc3c2c1. The number of para-hydroxylation sites is 1. The minimum atomic E-state index is -1.31. The Hall–Kier alpha value is -2.62. The summed E-state index contributed by atoms with van der Waals surface area (Å²) in [4.78, 5) is 14.9. The molecule has 0 unspecified atom stereocenters. The average Bonchev–Trinajstić information content (AvgIpc) is 2.38. The lowest BCUT2D eigenvalue weighted by Crippen LogP contribution is -2.02. The van der Waals surface area contributed by atoms with Crippen LogP contribution < -0.4 is 4.74 Å². The maximum atomic E-state index is 10.5. The second kappa shape index (κ2) is 4.00. The summed E-state index contributed by atoms with van der Waals surface area (Å²) < 4.78 is 4.67. The van der Waals surface area contributed by atoms with E-state index in [-0.39, 0.29) is 0 Å². The first-order valence-corrected chi connectivity index (χ1v) is 5.42. The van der Waals surface area contributed by atoms with Crippen LogP contribution in [0.4, 0.5) is 4.79 Å². The van der Waals surface area contributed by atoms with Crippen molar-refractivity contribution in [1.82, 2.24) is 4.98 Å². The Kier molecular flexibility index (Phi) is 2.34. The third-order valence-electron chi connectivity index (χ3n) is 2.77. The second-order valence-corrected chi connectivity index (χ2v) is 3.89. The molecular formula is C14H9NO3. The highest BCUT2D eigenvalue weighted by atomic mass is 16.7. The predicted molar refractivity (Wildman–Crippen MR) is 67.9 cm³/mol. The van der Waals surface area contributed by atoms with E-state index >= 15 is 0 Å². The fraction of sp³-hybridized carbons (Fsp3) is 0. The third kappa shape index (κ3) is 1.73. The van der Waals surface area contributed by atoms with Crippen LogP contribution >= 0.6 is 0 Å². The molecule has 88 valence electrons. The number of ether oxygens (including phenoxy) is 1. The molecule has 0 radical (unpaired) electrons. The minimum absolute atomic E-state index is 0.311. The number of nitrogens with zero attached hydrogens (tertiary/aromatic N) is 1. The number of carboxylic acid groups (broad SMARTS) is 1. The van der Waals surface area contributed by atoms with Gasteiger partial charge in [0, 0.05) is 17.0 Å². The lowest BCUT2D eigenvalue weighted by molar-refractivity contribution is 0.144. The highest BCUT2D eigenvalue weighted by molar-refractivity contribution is 6.05. The molecule has 0 saturated carbocycles. The molecule has 3 aromatic rings. The largest absolute Gasteiger partial charge is 0.511 e. The maximum Gasteiger partial charge on any atom is 0.511 e. The zero-order chi connectivity index (χ0) is 12.5. The molecule has 0 spiro atoms. The zero-order valence-corrected chi connectivity index (χ0v) is 9.33. The van der Waals surface area contributed by atoms with Crippen LogP contribution in [0.3, 0.4) is 0 Å². The normalized spacial score (nSPS) is 10.7. The van der Waals surface area contributed by atoms with Gasteiger partial charge in [0.05, 0.1) is 5.52 Å². The topological polar surface area (TPSA) is 59.4 Å². The smallest absolute Gasteiger partial charge is 0.449 e. The fourth-order valence-electron chi connectivity index (χ4n) is 2.00. The predicted octanol–water partition coefficient (Wildman–Crippen LogP) is 3.44. The first kappa shape index (κ1) is 10.5. The van der Waals surface area contributed by atoms with Gasteiger partial charge in [0.25, 0.3) is 0 Å². The Balaban J connectivity index is 2.29. The van der Waals surface area contributed by atoms with Crippen LogP contribution in [-0.2, 0) is 0 Å². The molecule has 2 aromatic carbocycles. The molecule has 1 N–H and O–H groups in total. The molecule has 0 aliphatic heterocycles. The van der Waals surface area contributed by atoms with E-state index in [4.69, 9.17) is 5.11 Å². The molecular weight excluding hydrogens is 230 g/mol. The van der Waals surface area contributed by atoms with Gasteiger partial charge in [-0.25, -0.2) is 4.79 Å². The Morgan fingerprint density at radius 3 is 2.78 bits per heavy atom. The standard InChI is InChI=1S/C14H9NO3/c16-14(17)18-10-6-5-9-8-15-13-4-2-1-3-11(13)12(9)7-10/h1-8H,(H,16,17). The number of hydrogen-bond donors (Lipinski definition) is 1. The van der Waals surface area contributed by atoms with Crippen LogP contribution in [0.15, 0.2) is 48.7 Å². The van der Waals surface area contributed by atoms with Crippen LogP contribution in [0, 0.1) is 0 Å². The van der Waals surface area contributed by atoms with Crippen LogP contribution in [0.25, 0.3) is 21.7 Å². The number of rotatable bonds is 1. The fourth-order valence-corrected chi connectivity index (χ4v) is 2.00. The number of carbonyl (C=O) groups is 1. The molecule has 0 aliphatic carbocycles. The molecule has 0 aliphatic rings. The van der Waals surface area contributed by atoms with Gasteiger partial charge >= 0.3 is 6.16 Å². The maximum absolute atomic E-state index is 10.5. The number of fused-ring (bicyclic) bond motifs is 3. The van der Waals surface area contributed by atoms with Gasteiger partial charge < -0.3 is 9.84 Å². The monoisotopic (exact) mass is 239 g/mol. The average molecular weight is 239 g/mol. The number of benzene rings is 2. The van der Waals surface area contributed by atoms with Crippen LogP contribution in [0.1, 0.15) is 0 Å². The molecule has 1 heterocycles. The zero-order valence-electron chi connectivity index (χ0n) is 9.33. The van der Waals surface area contributed by atoms with Gasteiger partial charge in [-0.3, -0.25) is 4.98 Å². The minimum Gasteiger partial charge on any atom is -0.449 e. The molecule has 3 rings (SSSR count). The van der Waals surface area contributed by atoms with E-state index in [0.717, 1.165) is 21.7 Å². The van der Waals surface area contributed by atoms with Gasteiger partial charge in [-0.15, -0.1) is 0 Å². The van der Waals surface area contributed by atoms with Crippen molar-refractivity contribution in [2.45, 2.75) is 0 Å². The first-order valence-electron chi connectivity index (χ1n) is 5.42. The molecule has 0 fully saturated rings. The summed E-state index contributed by atoms with van der Waals surface area (Å²) in [7, 11) is 0. The van der Waals surface area contributed by atoms with Gasteiger partial charge in [-0.05, 0) is 29.7 Å². The lowest BCUT2D eigenvalue weighted by Gasteiger charge is -2.05.